The summed E-state index contributed by atoms with van der Waals surface area (Å²) in [7, 11) is 0. The summed E-state index contributed by atoms with van der Waals surface area (Å²) in [5.41, 5.74) is 0.616. The molecule has 0 fully saturated rings. The molecular weight excluding hydrogens is 267 g/mol. The zero-order valence-electron chi connectivity index (χ0n) is 11.4. The van der Waals surface area contributed by atoms with Crippen LogP contribution in [0.2, 0.25) is 0 Å². The number of halogens is 1. The molecule has 5 nitrogen and oxygen atoms in total. The second kappa shape index (κ2) is 7.72. The molecule has 1 N–H and O–H groups in total. The van der Waals surface area contributed by atoms with Gasteiger partial charge in [0.2, 0.25) is 0 Å². The summed E-state index contributed by atoms with van der Waals surface area (Å²) in [4.78, 5) is 22.4. The summed E-state index contributed by atoms with van der Waals surface area (Å²) in [6.07, 6.45) is 0.437. The standard InChI is InChI=1S/C14H17FO5/c1-9(2)10-5-11(7-17)14(12(15)6-10)20-13(18)8-19-4-3-16/h5-7,9,16H,3-4,8H2,1-2H3. The SMILES string of the molecule is CC(C)c1cc(F)c(OC(=O)COCCO)c(C=O)c1. The van der Waals surface area contributed by atoms with E-state index < -0.39 is 24.1 Å². The van der Waals surface area contributed by atoms with Gasteiger partial charge in [0.15, 0.2) is 17.9 Å². The van der Waals surface area contributed by atoms with E-state index in [2.05, 4.69) is 0 Å². The van der Waals surface area contributed by atoms with Gasteiger partial charge in [0.25, 0.3) is 0 Å². The molecule has 0 aliphatic rings. The average Bonchev–Trinajstić information content (AvgIpc) is 2.40. The highest BCUT2D eigenvalue weighted by Gasteiger charge is 2.17. The van der Waals surface area contributed by atoms with E-state index >= 15 is 0 Å². The van der Waals surface area contributed by atoms with Crippen LogP contribution in [0.1, 0.15) is 35.7 Å². The van der Waals surface area contributed by atoms with E-state index in [0.717, 1.165) is 0 Å². The Balaban J connectivity index is 2.89. The summed E-state index contributed by atoms with van der Waals surface area (Å²) in [5, 5.41) is 8.49. The molecule has 20 heavy (non-hydrogen) atoms. The van der Waals surface area contributed by atoms with Crippen LogP contribution in [0.5, 0.6) is 5.75 Å². The van der Waals surface area contributed by atoms with E-state index in [1.807, 2.05) is 13.8 Å². The molecule has 0 aliphatic carbocycles. The van der Waals surface area contributed by atoms with Gasteiger partial charge in [0, 0.05) is 0 Å². The highest BCUT2D eigenvalue weighted by Crippen LogP contribution is 2.27. The van der Waals surface area contributed by atoms with Crippen LogP contribution in [0.4, 0.5) is 4.39 Å². The van der Waals surface area contributed by atoms with Crippen molar-refractivity contribution in [1.29, 1.82) is 0 Å². The predicted octanol–water partition coefficient (Wildman–Crippen LogP) is 1.68. The van der Waals surface area contributed by atoms with Gasteiger partial charge in [-0.2, -0.15) is 0 Å². The maximum absolute atomic E-state index is 13.9. The van der Waals surface area contributed by atoms with Crippen LogP contribution in [0.15, 0.2) is 12.1 Å². The predicted molar refractivity (Wildman–Crippen MR) is 69.4 cm³/mol. The maximum atomic E-state index is 13.9. The van der Waals surface area contributed by atoms with Gasteiger partial charge >= 0.3 is 5.97 Å². The van der Waals surface area contributed by atoms with Crippen molar-refractivity contribution in [3.63, 3.8) is 0 Å². The van der Waals surface area contributed by atoms with E-state index in [1.54, 1.807) is 0 Å². The van der Waals surface area contributed by atoms with E-state index in [0.29, 0.717) is 11.8 Å². The second-order valence-electron chi connectivity index (χ2n) is 4.44. The fourth-order valence-electron chi connectivity index (χ4n) is 1.53. The van der Waals surface area contributed by atoms with Crippen molar-refractivity contribution >= 4 is 12.3 Å². The molecule has 0 amide bonds. The van der Waals surface area contributed by atoms with Gasteiger partial charge in [0.05, 0.1) is 18.8 Å². The quantitative estimate of drug-likeness (QED) is 0.357. The summed E-state index contributed by atoms with van der Waals surface area (Å²) < 4.78 is 23.4. The number of aliphatic hydroxyl groups excluding tert-OH is 1. The molecule has 0 heterocycles. The normalized spacial score (nSPS) is 10.7. The zero-order valence-corrected chi connectivity index (χ0v) is 11.4. The lowest BCUT2D eigenvalue weighted by molar-refractivity contribution is -0.140. The minimum atomic E-state index is -0.835. The Bertz CT molecular complexity index is 485. The first-order valence-electron chi connectivity index (χ1n) is 6.17. The minimum Gasteiger partial charge on any atom is -0.421 e. The molecule has 0 unspecified atom stereocenters. The highest BCUT2D eigenvalue weighted by molar-refractivity contribution is 5.83. The third kappa shape index (κ3) is 4.40. The van der Waals surface area contributed by atoms with Crippen molar-refractivity contribution in [2.24, 2.45) is 0 Å². The second-order valence-corrected chi connectivity index (χ2v) is 4.44. The summed E-state index contributed by atoms with van der Waals surface area (Å²) >= 11 is 0. The van der Waals surface area contributed by atoms with Crippen LogP contribution < -0.4 is 4.74 Å². The van der Waals surface area contributed by atoms with E-state index in [1.165, 1.54) is 12.1 Å². The lowest BCUT2D eigenvalue weighted by atomic mass is 10.0. The average molecular weight is 284 g/mol. The molecule has 0 saturated carbocycles. The van der Waals surface area contributed by atoms with Gasteiger partial charge in [-0.25, -0.2) is 9.18 Å². The number of hydrogen-bond donors (Lipinski definition) is 1. The first-order chi connectivity index (χ1) is 9.49. The van der Waals surface area contributed by atoms with E-state index in [9.17, 15) is 14.0 Å². The molecule has 0 radical (unpaired) electrons. The lowest BCUT2D eigenvalue weighted by Gasteiger charge is -2.12. The number of carbonyl (C=O) groups excluding carboxylic acids is 2. The monoisotopic (exact) mass is 284 g/mol. The van der Waals surface area contributed by atoms with Crippen molar-refractivity contribution in [3.05, 3.63) is 29.1 Å². The van der Waals surface area contributed by atoms with Crippen molar-refractivity contribution in [3.8, 4) is 5.75 Å². The Hall–Kier alpha value is -1.79. The Kier molecular flexibility index (Phi) is 6.27. The summed E-state index contributed by atoms with van der Waals surface area (Å²) in [6, 6.07) is 2.72. The number of benzene rings is 1. The number of ether oxygens (including phenoxy) is 2. The van der Waals surface area contributed by atoms with Gasteiger partial charge < -0.3 is 14.6 Å². The molecule has 6 heteroatoms. The molecule has 0 aliphatic heterocycles. The fraction of sp³-hybridized carbons (Fsp3) is 0.429. The van der Waals surface area contributed by atoms with Gasteiger partial charge in [-0.3, -0.25) is 4.79 Å². The molecule has 1 aromatic rings. The van der Waals surface area contributed by atoms with Gasteiger partial charge in [0.1, 0.15) is 6.61 Å². The zero-order chi connectivity index (χ0) is 15.1. The van der Waals surface area contributed by atoms with Crippen LogP contribution in [0.25, 0.3) is 0 Å². The fourth-order valence-corrected chi connectivity index (χ4v) is 1.53. The van der Waals surface area contributed by atoms with Crippen LogP contribution in [0, 0.1) is 5.82 Å². The Morgan fingerprint density at radius 1 is 1.45 bits per heavy atom. The minimum absolute atomic E-state index is 0.0234. The van der Waals surface area contributed by atoms with Crippen molar-refractivity contribution in [2.45, 2.75) is 19.8 Å². The molecule has 1 aromatic carbocycles. The van der Waals surface area contributed by atoms with Crippen LogP contribution >= 0.6 is 0 Å². The molecule has 110 valence electrons. The highest BCUT2D eigenvalue weighted by atomic mass is 19.1. The third-order valence-electron chi connectivity index (χ3n) is 2.56. The van der Waals surface area contributed by atoms with Crippen LogP contribution in [-0.4, -0.2) is 37.2 Å². The number of hydrogen-bond acceptors (Lipinski definition) is 5. The van der Waals surface area contributed by atoms with Crippen molar-refractivity contribution in [1.82, 2.24) is 0 Å². The molecule has 1 rings (SSSR count). The maximum Gasteiger partial charge on any atom is 0.337 e. The molecule has 0 aromatic heterocycles. The summed E-state index contributed by atoms with van der Waals surface area (Å²) in [5.74, 6) is -1.96. The summed E-state index contributed by atoms with van der Waals surface area (Å²) in [6.45, 7) is 3.04. The van der Waals surface area contributed by atoms with Gasteiger partial charge in [-0.15, -0.1) is 0 Å². The molecule has 0 bridgehead atoms. The molecule has 0 saturated heterocycles. The Labute approximate surface area is 116 Å². The topological polar surface area (TPSA) is 72.8 Å². The van der Waals surface area contributed by atoms with Gasteiger partial charge in [-0.1, -0.05) is 13.8 Å². The third-order valence-corrected chi connectivity index (χ3v) is 2.56. The lowest BCUT2D eigenvalue weighted by Crippen LogP contribution is -2.18. The van der Waals surface area contributed by atoms with Crippen LogP contribution in [0.3, 0.4) is 0 Å². The number of aldehydes is 1. The van der Waals surface area contributed by atoms with Crippen molar-refractivity contribution in [2.75, 3.05) is 19.8 Å². The number of esters is 1. The van der Waals surface area contributed by atoms with Crippen molar-refractivity contribution < 1.29 is 28.6 Å². The Morgan fingerprint density at radius 2 is 2.15 bits per heavy atom. The largest absolute Gasteiger partial charge is 0.421 e. The van der Waals surface area contributed by atoms with Crippen LogP contribution in [-0.2, 0) is 9.53 Å². The first kappa shape index (κ1) is 16.3. The molecular formula is C14H17FO5. The Morgan fingerprint density at radius 3 is 2.70 bits per heavy atom. The molecule has 0 spiro atoms. The number of aliphatic hydroxyl groups is 1. The first-order valence-corrected chi connectivity index (χ1v) is 6.17. The van der Waals surface area contributed by atoms with E-state index in [4.69, 9.17) is 14.6 Å². The molecule has 0 atom stereocenters. The number of carbonyl (C=O) groups is 2. The smallest absolute Gasteiger partial charge is 0.337 e. The number of rotatable bonds is 7. The van der Waals surface area contributed by atoms with E-state index in [-0.39, 0.29) is 24.7 Å². The van der Waals surface area contributed by atoms with Gasteiger partial charge in [-0.05, 0) is 23.6 Å².